The van der Waals surface area contributed by atoms with E-state index < -0.39 is 11.9 Å². The fraction of sp³-hybridized carbons (Fsp3) is 0.0870. The number of halogens is 1. The van der Waals surface area contributed by atoms with Crippen LogP contribution in [-0.2, 0) is 0 Å². The lowest BCUT2D eigenvalue weighted by Crippen LogP contribution is -2.17. The number of hydrazone groups is 1. The van der Waals surface area contributed by atoms with Gasteiger partial charge in [0.15, 0.2) is 23.0 Å². The van der Waals surface area contributed by atoms with Crippen molar-refractivity contribution in [2.24, 2.45) is 5.10 Å². The molecule has 3 aromatic rings. The topological polar surface area (TPSA) is 95.5 Å². The second-order valence-corrected chi connectivity index (χ2v) is 7.01. The molecule has 0 aliphatic carbocycles. The molecule has 162 valence electrons. The molecule has 0 atom stereocenters. The standard InChI is InChI=1S/C23H17ClN2O6/c1-29-20-10-14(2-8-19(20)32-23(28)15-3-6-17(24)7-4-15)12-25-26-22(27)16-5-9-18-21(11-16)31-13-30-18/h2-12H,13H2,1H3,(H,26,27)/b25-12-. The van der Waals surface area contributed by atoms with E-state index >= 15 is 0 Å². The summed E-state index contributed by atoms with van der Waals surface area (Å²) in [5, 5.41) is 4.48. The summed E-state index contributed by atoms with van der Waals surface area (Å²) in [5.41, 5.74) is 3.81. The minimum absolute atomic E-state index is 0.130. The van der Waals surface area contributed by atoms with Crippen LogP contribution in [0.5, 0.6) is 23.0 Å². The van der Waals surface area contributed by atoms with Crippen molar-refractivity contribution in [3.63, 3.8) is 0 Å². The van der Waals surface area contributed by atoms with Gasteiger partial charge in [0.25, 0.3) is 5.91 Å². The van der Waals surface area contributed by atoms with Gasteiger partial charge in [0, 0.05) is 10.6 Å². The number of rotatable bonds is 6. The maximum atomic E-state index is 12.3. The molecule has 0 radical (unpaired) electrons. The van der Waals surface area contributed by atoms with Crippen LogP contribution in [0.3, 0.4) is 0 Å². The second kappa shape index (κ2) is 9.40. The lowest BCUT2D eigenvalue weighted by atomic mass is 10.2. The summed E-state index contributed by atoms with van der Waals surface area (Å²) in [5.74, 6) is 0.730. The van der Waals surface area contributed by atoms with Crippen molar-refractivity contribution in [1.82, 2.24) is 5.43 Å². The number of methoxy groups -OCH3 is 1. The number of carbonyl (C=O) groups is 2. The van der Waals surface area contributed by atoms with Crippen LogP contribution in [0.25, 0.3) is 0 Å². The number of nitrogens with zero attached hydrogens (tertiary/aromatic N) is 1. The van der Waals surface area contributed by atoms with Gasteiger partial charge >= 0.3 is 5.97 Å². The summed E-state index contributed by atoms with van der Waals surface area (Å²) in [6.45, 7) is 0.130. The highest BCUT2D eigenvalue weighted by Gasteiger charge is 2.16. The van der Waals surface area contributed by atoms with E-state index in [2.05, 4.69) is 10.5 Å². The zero-order chi connectivity index (χ0) is 22.5. The molecule has 9 heteroatoms. The van der Waals surface area contributed by atoms with E-state index in [1.165, 1.54) is 13.3 Å². The van der Waals surface area contributed by atoms with Crippen LogP contribution in [0.4, 0.5) is 0 Å². The molecule has 0 saturated heterocycles. The fourth-order valence-corrected chi connectivity index (χ4v) is 2.99. The summed E-state index contributed by atoms with van der Waals surface area (Å²) < 4.78 is 21.2. The first-order chi connectivity index (χ1) is 15.5. The number of esters is 1. The normalized spacial score (nSPS) is 11.9. The Morgan fingerprint density at radius 1 is 0.969 bits per heavy atom. The molecule has 0 bridgehead atoms. The molecule has 0 spiro atoms. The molecule has 32 heavy (non-hydrogen) atoms. The third-order valence-corrected chi connectivity index (χ3v) is 4.74. The number of nitrogens with one attached hydrogen (secondary N) is 1. The number of amides is 1. The minimum Gasteiger partial charge on any atom is -0.493 e. The third-order valence-electron chi connectivity index (χ3n) is 4.48. The zero-order valence-electron chi connectivity index (χ0n) is 16.8. The van der Waals surface area contributed by atoms with E-state index in [-0.39, 0.29) is 12.5 Å². The Morgan fingerprint density at radius 3 is 2.50 bits per heavy atom. The lowest BCUT2D eigenvalue weighted by molar-refractivity contribution is 0.0729. The number of hydrogen-bond acceptors (Lipinski definition) is 7. The molecular formula is C23H17ClN2O6. The molecule has 1 aliphatic heterocycles. The predicted molar refractivity (Wildman–Crippen MR) is 117 cm³/mol. The molecule has 0 aromatic heterocycles. The quantitative estimate of drug-likeness (QED) is 0.262. The van der Waals surface area contributed by atoms with Crippen LogP contribution >= 0.6 is 11.6 Å². The Bertz CT molecular complexity index is 1190. The summed E-state index contributed by atoms with van der Waals surface area (Å²) in [6.07, 6.45) is 1.44. The van der Waals surface area contributed by atoms with Crippen LogP contribution in [-0.4, -0.2) is 32.0 Å². The molecule has 1 amide bonds. The van der Waals surface area contributed by atoms with Crippen LogP contribution in [0, 0.1) is 0 Å². The average molecular weight is 453 g/mol. The zero-order valence-corrected chi connectivity index (χ0v) is 17.6. The molecular weight excluding hydrogens is 436 g/mol. The van der Waals surface area contributed by atoms with Crippen molar-refractivity contribution in [2.75, 3.05) is 13.9 Å². The molecule has 8 nitrogen and oxygen atoms in total. The van der Waals surface area contributed by atoms with E-state index in [1.807, 2.05) is 0 Å². The lowest BCUT2D eigenvalue weighted by Gasteiger charge is -2.10. The van der Waals surface area contributed by atoms with Gasteiger partial charge in [-0.15, -0.1) is 0 Å². The molecule has 0 unspecified atom stereocenters. The number of ether oxygens (including phenoxy) is 4. The third kappa shape index (κ3) is 4.81. The van der Waals surface area contributed by atoms with Crippen molar-refractivity contribution in [1.29, 1.82) is 0 Å². The fourth-order valence-electron chi connectivity index (χ4n) is 2.86. The maximum Gasteiger partial charge on any atom is 0.343 e. The minimum atomic E-state index is -0.544. The Labute approximate surface area is 188 Å². The van der Waals surface area contributed by atoms with Gasteiger partial charge in [0.05, 0.1) is 18.9 Å². The van der Waals surface area contributed by atoms with E-state index in [1.54, 1.807) is 60.7 Å². The highest BCUT2D eigenvalue weighted by atomic mass is 35.5. The summed E-state index contributed by atoms with van der Waals surface area (Å²) in [4.78, 5) is 24.6. The summed E-state index contributed by atoms with van der Waals surface area (Å²) in [7, 11) is 1.46. The molecule has 0 fully saturated rings. The number of benzene rings is 3. The first kappa shape index (κ1) is 21.2. The van der Waals surface area contributed by atoms with Crippen molar-refractivity contribution >= 4 is 29.7 Å². The SMILES string of the molecule is COc1cc(/C=N\NC(=O)c2ccc3c(c2)OCO3)ccc1OC(=O)c1ccc(Cl)cc1. The Hall–Kier alpha value is -4.04. The van der Waals surface area contributed by atoms with Gasteiger partial charge in [-0.05, 0) is 66.2 Å². The van der Waals surface area contributed by atoms with Gasteiger partial charge in [-0.25, -0.2) is 10.2 Å². The van der Waals surface area contributed by atoms with Gasteiger partial charge in [-0.3, -0.25) is 4.79 Å². The Morgan fingerprint density at radius 2 is 1.72 bits per heavy atom. The van der Waals surface area contributed by atoms with Gasteiger partial charge in [-0.1, -0.05) is 11.6 Å². The van der Waals surface area contributed by atoms with Crippen LogP contribution in [0.1, 0.15) is 26.3 Å². The number of hydrogen-bond donors (Lipinski definition) is 1. The first-order valence-corrected chi connectivity index (χ1v) is 9.80. The molecule has 1 heterocycles. The average Bonchev–Trinajstić information content (AvgIpc) is 3.28. The van der Waals surface area contributed by atoms with Crippen molar-refractivity contribution in [3.05, 3.63) is 82.4 Å². The second-order valence-electron chi connectivity index (χ2n) is 6.57. The molecule has 1 aliphatic rings. The van der Waals surface area contributed by atoms with Crippen molar-refractivity contribution in [3.8, 4) is 23.0 Å². The van der Waals surface area contributed by atoms with Crippen LogP contribution < -0.4 is 24.4 Å². The van der Waals surface area contributed by atoms with Gasteiger partial charge in [-0.2, -0.15) is 5.10 Å². The van der Waals surface area contributed by atoms with Gasteiger partial charge in [0.1, 0.15) is 0 Å². The summed E-state index contributed by atoms with van der Waals surface area (Å²) >= 11 is 5.84. The van der Waals surface area contributed by atoms with E-state index in [4.69, 9.17) is 30.5 Å². The van der Waals surface area contributed by atoms with Crippen LogP contribution in [0.2, 0.25) is 5.02 Å². The van der Waals surface area contributed by atoms with Gasteiger partial charge < -0.3 is 18.9 Å². The highest BCUT2D eigenvalue weighted by Crippen LogP contribution is 2.32. The number of carbonyl (C=O) groups excluding carboxylic acids is 2. The largest absolute Gasteiger partial charge is 0.493 e. The maximum absolute atomic E-state index is 12.3. The van der Waals surface area contributed by atoms with Gasteiger partial charge in [0.2, 0.25) is 6.79 Å². The Balaban J connectivity index is 1.41. The number of fused-ring (bicyclic) bond motifs is 1. The molecule has 4 rings (SSSR count). The van der Waals surface area contributed by atoms with Crippen LogP contribution in [0.15, 0.2) is 65.8 Å². The van der Waals surface area contributed by atoms with E-state index in [9.17, 15) is 9.59 Å². The monoisotopic (exact) mass is 452 g/mol. The van der Waals surface area contributed by atoms with E-state index in [0.29, 0.717) is 39.0 Å². The Kier molecular flexibility index (Phi) is 6.23. The highest BCUT2D eigenvalue weighted by molar-refractivity contribution is 6.30. The first-order valence-electron chi connectivity index (χ1n) is 9.42. The molecule has 1 N–H and O–H groups in total. The smallest absolute Gasteiger partial charge is 0.343 e. The molecule has 3 aromatic carbocycles. The van der Waals surface area contributed by atoms with Crippen molar-refractivity contribution in [2.45, 2.75) is 0 Å². The van der Waals surface area contributed by atoms with E-state index in [0.717, 1.165) is 0 Å². The van der Waals surface area contributed by atoms with Crippen molar-refractivity contribution < 1.29 is 28.5 Å². The molecule has 0 saturated carbocycles. The predicted octanol–water partition coefficient (Wildman–Crippen LogP) is 4.06. The summed E-state index contributed by atoms with van der Waals surface area (Å²) in [6, 6.07) is 16.1.